The Morgan fingerprint density at radius 3 is 2.12 bits per heavy atom. The van der Waals surface area contributed by atoms with Gasteiger partial charge in [0.25, 0.3) is 0 Å². The lowest BCUT2D eigenvalue weighted by molar-refractivity contribution is 0.141. The fourth-order valence-corrected chi connectivity index (χ4v) is 3.54. The molecule has 0 aromatic carbocycles. The van der Waals surface area contributed by atoms with Crippen molar-refractivity contribution in [2.75, 3.05) is 19.6 Å². The van der Waals surface area contributed by atoms with E-state index in [1.165, 1.54) is 58.2 Å². The number of piperidine rings is 1. The molecular weight excluding hydrogens is 208 g/mol. The first-order valence-corrected chi connectivity index (χ1v) is 7.63. The van der Waals surface area contributed by atoms with E-state index >= 15 is 0 Å². The minimum absolute atomic E-state index is 0.475. The lowest BCUT2D eigenvalue weighted by Gasteiger charge is -2.36. The molecule has 1 aliphatic carbocycles. The number of rotatable bonds is 3. The number of hydrogen-bond donors (Lipinski definition) is 1. The van der Waals surface area contributed by atoms with E-state index in [4.69, 9.17) is 5.73 Å². The fourth-order valence-electron chi connectivity index (χ4n) is 3.54. The number of nitrogens with zero attached hydrogens (tertiary/aromatic N) is 1. The summed E-state index contributed by atoms with van der Waals surface area (Å²) in [4.78, 5) is 2.66. The Kier molecular flexibility index (Phi) is 4.87. The lowest BCUT2D eigenvalue weighted by Crippen LogP contribution is -2.42. The van der Waals surface area contributed by atoms with Crippen LogP contribution in [-0.4, -0.2) is 30.6 Å². The van der Waals surface area contributed by atoms with Crippen LogP contribution in [0.1, 0.15) is 52.4 Å². The highest BCUT2D eigenvalue weighted by molar-refractivity contribution is 4.80. The second-order valence-electron chi connectivity index (χ2n) is 6.66. The van der Waals surface area contributed by atoms with Gasteiger partial charge in [-0.3, -0.25) is 0 Å². The lowest BCUT2D eigenvalue weighted by atomic mass is 9.77. The molecule has 0 bridgehead atoms. The molecule has 1 saturated heterocycles. The molecule has 2 fully saturated rings. The summed E-state index contributed by atoms with van der Waals surface area (Å²) in [7, 11) is 0. The number of hydrogen-bond acceptors (Lipinski definition) is 2. The largest absolute Gasteiger partial charge is 0.328 e. The fraction of sp³-hybridized carbons (Fsp3) is 1.00. The molecule has 0 atom stereocenters. The summed E-state index contributed by atoms with van der Waals surface area (Å²) in [5.74, 6) is 2.87. The van der Waals surface area contributed by atoms with Gasteiger partial charge in [0.1, 0.15) is 0 Å². The molecule has 17 heavy (non-hydrogen) atoms. The quantitative estimate of drug-likeness (QED) is 0.819. The van der Waals surface area contributed by atoms with Crippen LogP contribution in [0.25, 0.3) is 0 Å². The molecule has 1 saturated carbocycles. The molecule has 0 unspecified atom stereocenters. The summed E-state index contributed by atoms with van der Waals surface area (Å²) >= 11 is 0. The van der Waals surface area contributed by atoms with Crippen molar-refractivity contribution in [1.29, 1.82) is 0 Å². The summed E-state index contributed by atoms with van der Waals surface area (Å²) in [5.41, 5.74) is 5.95. The average Bonchev–Trinajstić information content (AvgIpc) is 2.33. The molecule has 100 valence electrons. The first-order chi connectivity index (χ1) is 8.15. The van der Waals surface area contributed by atoms with Crippen molar-refractivity contribution in [3.8, 4) is 0 Å². The van der Waals surface area contributed by atoms with Crippen LogP contribution in [0.2, 0.25) is 0 Å². The van der Waals surface area contributed by atoms with Crippen molar-refractivity contribution in [3.63, 3.8) is 0 Å². The summed E-state index contributed by atoms with van der Waals surface area (Å²) in [6.07, 6.45) is 8.28. The molecule has 0 radical (unpaired) electrons. The van der Waals surface area contributed by atoms with E-state index in [0.717, 1.165) is 17.8 Å². The minimum atomic E-state index is 0.475. The predicted molar refractivity (Wildman–Crippen MR) is 73.9 cm³/mol. The third kappa shape index (κ3) is 3.96. The van der Waals surface area contributed by atoms with Crippen LogP contribution in [0.5, 0.6) is 0 Å². The molecule has 2 nitrogen and oxygen atoms in total. The van der Waals surface area contributed by atoms with Gasteiger partial charge in [0.05, 0.1) is 0 Å². The second kappa shape index (κ2) is 6.19. The zero-order valence-electron chi connectivity index (χ0n) is 11.7. The Morgan fingerprint density at radius 2 is 1.59 bits per heavy atom. The van der Waals surface area contributed by atoms with Crippen molar-refractivity contribution in [2.45, 2.75) is 58.4 Å². The first kappa shape index (κ1) is 13.4. The van der Waals surface area contributed by atoms with Crippen LogP contribution in [0.4, 0.5) is 0 Å². The van der Waals surface area contributed by atoms with Crippen LogP contribution in [0.3, 0.4) is 0 Å². The monoisotopic (exact) mass is 238 g/mol. The molecule has 1 heterocycles. The zero-order chi connectivity index (χ0) is 12.3. The van der Waals surface area contributed by atoms with Gasteiger partial charge in [-0.2, -0.15) is 0 Å². The number of nitrogens with two attached hydrogens (primary N) is 1. The van der Waals surface area contributed by atoms with Crippen LogP contribution < -0.4 is 5.73 Å². The third-order valence-corrected chi connectivity index (χ3v) is 4.98. The third-order valence-electron chi connectivity index (χ3n) is 4.98. The highest BCUT2D eigenvalue weighted by Gasteiger charge is 2.25. The van der Waals surface area contributed by atoms with Crippen molar-refractivity contribution in [1.82, 2.24) is 4.90 Å². The molecule has 0 spiro atoms. The van der Waals surface area contributed by atoms with E-state index in [-0.39, 0.29) is 0 Å². The Bertz CT molecular complexity index is 211. The second-order valence-corrected chi connectivity index (χ2v) is 6.66. The summed E-state index contributed by atoms with van der Waals surface area (Å²) < 4.78 is 0. The van der Waals surface area contributed by atoms with E-state index in [0.29, 0.717) is 6.04 Å². The molecule has 2 heteroatoms. The smallest absolute Gasteiger partial charge is 0.00631 e. The van der Waals surface area contributed by atoms with Gasteiger partial charge in [0, 0.05) is 12.6 Å². The molecule has 0 aromatic heterocycles. The van der Waals surface area contributed by atoms with E-state index in [1.807, 2.05) is 0 Å². The SMILES string of the molecule is CC(C)C1CCC(CN2CCC(N)CC2)CC1. The van der Waals surface area contributed by atoms with Gasteiger partial charge in [0.15, 0.2) is 0 Å². The van der Waals surface area contributed by atoms with Crippen molar-refractivity contribution < 1.29 is 0 Å². The van der Waals surface area contributed by atoms with Gasteiger partial charge in [0.2, 0.25) is 0 Å². The van der Waals surface area contributed by atoms with E-state index < -0.39 is 0 Å². The van der Waals surface area contributed by atoms with Crippen LogP contribution in [0.15, 0.2) is 0 Å². The van der Waals surface area contributed by atoms with Gasteiger partial charge in [-0.1, -0.05) is 13.8 Å². The Balaban J connectivity index is 1.67. The highest BCUT2D eigenvalue weighted by atomic mass is 15.1. The molecule has 2 N–H and O–H groups in total. The van der Waals surface area contributed by atoms with Crippen LogP contribution in [-0.2, 0) is 0 Å². The molecule has 0 amide bonds. The number of likely N-dealkylation sites (tertiary alicyclic amines) is 1. The molecule has 1 aliphatic heterocycles. The van der Waals surface area contributed by atoms with Crippen molar-refractivity contribution >= 4 is 0 Å². The van der Waals surface area contributed by atoms with Crippen molar-refractivity contribution in [3.05, 3.63) is 0 Å². The Labute approximate surface area is 107 Å². The van der Waals surface area contributed by atoms with Crippen LogP contribution in [0, 0.1) is 17.8 Å². The standard InChI is InChI=1S/C15H30N2/c1-12(2)14-5-3-13(4-6-14)11-17-9-7-15(16)8-10-17/h12-15H,3-11,16H2,1-2H3. The van der Waals surface area contributed by atoms with E-state index in [1.54, 1.807) is 0 Å². The van der Waals surface area contributed by atoms with E-state index in [9.17, 15) is 0 Å². The van der Waals surface area contributed by atoms with Gasteiger partial charge >= 0.3 is 0 Å². The average molecular weight is 238 g/mol. The molecular formula is C15H30N2. The van der Waals surface area contributed by atoms with E-state index in [2.05, 4.69) is 18.7 Å². The maximum Gasteiger partial charge on any atom is 0.00631 e. The maximum absolute atomic E-state index is 5.95. The van der Waals surface area contributed by atoms with Gasteiger partial charge in [-0.25, -0.2) is 0 Å². The van der Waals surface area contributed by atoms with Gasteiger partial charge < -0.3 is 10.6 Å². The highest BCUT2D eigenvalue weighted by Crippen LogP contribution is 2.33. The van der Waals surface area contributed by atoms with Gasteiger partial charge in [-0.05, 0) is 69.4 Å². The topological polar surface area (TPSA) is 29.3 Å². The summed E-state index contributed by atoms with van der Waals surface area (Å²) in [6.45, 7) is 8.60. The zero-order valence-corrected chi connectivity index (χ0v) is 11.7. The molecule has 2 rings (SSSR count). The Morgan fingerprint density at radius 1 is 1.00 bits per heavy atom. The first-order valence-electron chi connectivity index (χ1n) is 7.63. The van der Waals surface area contributed by atoms with Gasteiger partial charge in [-0.15, -0.1) is 0 Å². The summed E-state index contributed by atoms with van der Waals surface area (Å²) in [5, 5.41) is 0. The molecule has 2 aliphatic rings. The van der Waals surface area contributed by atoms with Crippen molar-refractivity contribution in [2.24, 2.45) is 23.5 Å². The predicted octanol–water partition coefficient (Wildman–Crippen LogP) is 2.87. The Hall–Kier alpha value is -0.0800. The normalized spacial score (nSPS) is 33.2. The summed E-state index contributed by atoms with van der Waals surface area (Å²) in [6, 6.07) is 0.475. The minimum Gasteiger partial charge on any atom is -0.328 e. The van der Waals surface area contributed by atoms with Crippen LogP contribution >= 0.6 is 0 Å². The maximum atomic E-state index is 5.95. The molecule has 0 aromatic rings.